The van der Waals surface area contributed by atoms with Crippen molar-refractivity contribution < 1.29 is 0 Å². The van der Waals surface area contributed by atoms with Crippen LogP contribution in [-0.2, 0) is 0 Å². The fourth-order valence-corrected chi connectivity index (χ4v) is 2.70. The molecular weight excluding hydrogens is 260 g/mol. The molecule has 0 aliphatic heterocycles. The van der Waals surface area contributed by atoms with Crippen molar-refractivity contribution in [3.63, 3.8) is 0 Å². The Morgan fingerprint density at radius 3 is 2.67 bits per heavy atom. The predicted molar refractivity (Wildman–Crippen MR) is 85.7 cm³/mol. The topological polar surface area (TPSA) is 42.7 Å². The molecule has 0 saturated heterocycles. The molecule has 0 fully saturated rings. The molecule has 2 aromatic carbocycles. The first-order valence-electron chi connectivity index (χ1n) is 7.35. The van der Waals surface area contributed by atoms with Gasteiger partial charge in [0.25, 0.3) is 0 Å². The summed E-state index contributed by atoms with van der Waals surface area (Å²) in [5, 5.41) is 14.5. The molecule has 4 nitrogen and oxygen atoms in total. The van der Waals surface area contributed by atoms with Crippen LogP contribution in [0.5, 0.6) is 0 Å². The molecule has 3 aromatic rings. The third kappa shape index (κ3) is 2.54. The summed E-state index contributed by atoms with van der Waals surface area (Å²) in [5.41, 5.74) is 3.14. The van der Waals surface area contributed by atoms with E-state index < -0.39 is 0 Å². The third-order valence-electron chi connectivity index (χ3n) is 3.83. The van der Waals surface area contributed by atoms with E-state index in [1.54, 1.807) is 0 Å². The van der Waals surface area contributed by atoms with Gasteiger partial charge in [0, 0.05) is 0 Å². The summed E-state index contributed by atoms with van der Waals surface area (Å²) < 4.78 is 1.91. The van der Waals surface area contributed by atoms with Crippen LogP contribution in [0, 0.1) is 6.92 Å². The monoisotopic (exact) mass is 280 g/mol. The van der Waals surface area contributed by atoms with E-state index in [0.717, 1.165) is 23.6 Å². The Kier molecular flexibility index (Phi) is 3.71. The first-order chi connectivity index (χ1) is 10.2. The minimum Gasteiger partial charge on any atom is -0.309 e. The summed E-state index contributed by atoms with van der Waals surface area (Å²) in [4.78, 5) is 0. The highest BCUT2D eigenvalue weighted by atomic mass is 15.4. The summed E-state index contributed by atoms with van der Waals surface area (Å²) in [6.45, 7) is 7.20. The third-order valence-corrected chi connectivity index (χ3v) is 3.83. The van der Waals surface area contributed by atoms with Crippen molar-refractivity contribution in [2.24, 2.45) is 0 Å². The van der Waals surface area contributed by atoms with Gasteiger partial charge >= 0.3 is 0 Å². The predicted octanol–water partition coefficient (Wildman–Crippen LogP) is 3.40. The van der Waals surface area contributed by atoms with Crippen LogP contribution in [0.1, 0.15) is 31.3 Å². The zero-order valence-corrected chi connectivity index (χ0v) is 12.7. The Labute approximate surface area is 124 Å². The number of fused-ring (bicyclic) bond motifs is 1. The number of nitrogens with one attached hydrogen (secondary N) is 1. The quantitative estimate of drug-likeness (QED) is 0.796. The van der Waals surface area contributed by atoms with E-state index in [1.807, 2.05) is 4.68 Å². The molecule has 0 radical (unpaired) electrons. The van der Waals surface area contributed by atoms with Gasteiger partial charge in [0.1, 0.15) is 5.69 Å². The zero-order valence-electron chi connectivity index (χ0n) is 12.7. The maximum absolute atomic E-state index is 4.34. The smallest absolute Gasteiger partial charge is 0.103 e. The van der Waals surface area contributed by atoms with E-state index in [-0.39, 0.29) is 6.04 Å². The lowest BCUT2D eigenvalue weighted by molar-refractivity contribution is 0.579. The van der Waals surface area contributed by atoms with Crippen LogP contribution in [0.2, 0.25) is 0 Å². The number of hydrogen-bond donors (Lipinski definition) is 1. The molecule has 1 atom stereocenters. The summed E-state index contributed by atoms with van der Waals surface area (Å²) in [5.74, 6) is 0. The van der Waals surface area contributed by atoms with E-state index in [2.05, 4.69) is 78.9 Å². The van der Waals surface area contributed by atoms with E-state index in [4.69, 9.17) is 0 Å². The Morgan fingerprint density at radius 2 is 1.90 bits per heavy atom. The van der Waals surface area contributed by atoms with Crippen molar-refractivity contribution in [1.82, 2.24) is 20.3 Å². The average molecular weight is 280 g/mol. The van der Waals surface area contributed by atoms with Gasteiger partial charge in [-0.3, -0.25) is 0 Å². The van der Waals surface area contributed by atoms with Gasteiger partial charge in [-0.05, 0) is 43.3 Å². The second-order valence-electron chi connectivity index (χ2n) is 5.28. The molecule has 3 rings (SSSR count). The van der Waals surface area contributed by atoms with E-state index >= 15 is 0 Å². The normalized spacial score (nSPS) is 12.7. The molecule has 0 bridgehead atoms. The van der Waals surface area contributed by atoms with Crippen molar-refractivity contribution in [3.8, 4) is 5.69 Å². The molecule has 21 heavy (non-hydrogen) atoms. The van der Waals surface area contributed by atoms with Crippen LogP contribution in [-0.4, -0.2) is 21.5 Å². The number of hydrogen-bond acceptors (Lipinski definition) is 3. The van der Waals surface area contributed by atoms with E-state index in [0.29, 0.717) is 0 Å². The maximum atomic E-state index is 4.34. The molecule has 0 saturated carbocycles. The standard InChI is InChI=1S/C17H20N4/c1-4-18-12(2)17-13(3)21(20-19-17)16-10-9-14-7-5-6-8-15(14)11-16/h5-12,18H,4H2,1-3H3. The van der Waals surface area contributed by atoms with Crippen LogP contribution >= 0.6 is 0 Å². The molecule has 0 aliphatic rings. The first-order valence-corrected chi connectivity index (χ1v) is 7.35. The summed E-state index contributed by atoms with van der Waals surface area (Å²) in [7, 11) is 0. The number of nitrogens with zero attached hydrogens (tertiary/aromatic N) is 3. The molecular formula is C17H20N4. The molecule has 0 aliphatic carbocycles. The van der Waals surface area contributed by atoms with Crippen molar-refractivity contribution in [3.05, 3.63) is 53.9 Å². The van der Waals surface area contributed by atoms with Crippen LogP contribution < -0.4 is 5.32 Å². The lowest BCUT2D eigenvalue weighted by atomic mass is 10.1. The van der Waals surface area contributed by atoms with Gasteiger partial charge in [0.2, 0.25) is 0 Å². The Morgan fingerprint density at radius 1 is 1.14 bits per heavy atom. The lowest BCUT2D eigenvalue weighted by Crippen LogP contribution is -2.19. The molecule has 1 N–H and O–H groups in total. The number of aromatic nitrogens is 3. The second-order valence-corrected chi connectivity index (χ2v) is 5.28. The molecule has 0 amide bonds. The SMILES string of the molecule is CCNC(C)c1nnn(-c2ccc3ccccc3c2)c1C. The fraction of sp³-hybridized carbons (Fsp3) is 0.294. The van der Waals surface area contributed by atoms with Gasteiger partial charge in [-0.2, -0.15) is 0 Å². The van der Waals surface area contributed by atoms with Gasteiger partial charge in [0.15, 0.2) is 0 Å². The summed E-state index contributed by atoms with van der Waals surface area (Å²) in [6, 6.07) is 14.9. The number of benzene rings is 2. The fourth-order valence-electron chi connectivity index (χ4n) is 2.70. The van der Waals surface area contributed by atoms with Crippen LogP contribution in [0.3, 0.4) is 0 Å². The van der Waals surface area contributed by atoms with Gasteiger partial charge in [-0.25, -0.2) is 4.68 Å². The van der Waals surface area contributed by atoms with Crippen LogP contribution in [0.25, 0.3) is 16.5 Å². The maximum Gasteiger partial charge on any atom is 0.103 e. The Bertz CT molecular complexity index is 760. The lowest BCUT2D eigenvalue weighted by Gasteiger charge is -2.10. The van der Waals surface area contributed by atoms with Crippen molar-refractivity contribution in [1.29, 1.82) is 0 Å². The average Bonchev–Trinajstić information content (AvgIpc) is 2.89. The van der Waals surface area contributed by atoms with Gasteiger partial charge in [-0.1, -0.05) is 42.5 Å². The zero-order chi connectivity index (χ0) is 14.8. The van der Waals surface area contributed by atoms with E-state index in [9.17, 15) is 0 Å². The highest BCUT2D eigenvalue weighted by Gasteiger charge is 2.15. The van der Waals surface area contributed by atoms with E-state index in [1.165, 1.54) is 10.8 Å². The summed E-state index contributed by atoms with van der Waals surface area (Å²) in [6.07, 6.45) is 0. The minimum absolute atomic E-state index is 0.212. The molecule has 4 heteroatoms. The highest BCUT2D eigenvalue weighted by Crippen LogP contribution is 2.21. The largest absolute Gasteiger partial charge is 0.309 e. The number of rotatable bonds is 4. The van der Waals surface area contributed by atoms with Crippen molar-refractivity contribution >= 4 is 10.8 Å². The van der Waals surface area contributed by atoms with Gasteiger partial charge in [0.05, 0.1) is 17.4 Å². The molecule has 108 valence electrons. The molecule has 1 aromatic heterocycles. The van der Waals surface area contributed by atoms with Gasteiger partial charge in [-0.15, -0.1) is 5.10 Å². The Balaban J connectivity index is 2.02. The molecule has 0 spiro atoms. The summed E-state index contributed by atoms with van der Waals surface area (Å²) >= 11 is 0. The van der Waals surface area contributed by atoms with Crippen LogP contribution in [0.15, 0.2) is 42.5 Å². The highest BCUT2D eigenvalue weighted by molar-refractivity contribution is 5.84. The van der Waals surface area contributed by atoms with Crippen molar-refractivity contribution in [2.75, 3.05) is 6.54 Å². The Hall–Kier alpha value is -2.20. The molecule has 1 unspecified atom stereocenters. The van der Waals surface area contributed by atoms with Crippen molar-refractivity contribution in [2.45, 2.75) is 26.8 Å². The second kappa shape index (κ2) is 5.66. The molecule has 1 heterocycles. The van der Waals surface area contributed by atoms with Gasteiger partial charge < -0.3 is 5.32 Å². The minimum atomic E-state index is 0.212. The first kappa shape index (κ1) is 13.8. The van der Waals surface area contributed by atoms with Crippen LogP contribution in [0.4, 0.5) is 0 Å².